The van der Waals surface area contributed by atoms with E-state index < -0.39 is 0 Å². The van der Waals surface area contributed by atoms with E-state index in [-0.39, 0.29) is 43.3 Å². The Morgan fingerprint density at radius 1 is 0.328 bits per heavy atom. The monoisotopic (exact) mass is 838 g/mol. The molecule has 64 heavy (non-hydrogen) atoms. The van der Waals surface area contributed by atoms with Crippen LogP contribution >= 0.6 is 0 Å². The van der Waals surface area contributed by atoms with Crippen LogP contribution in [0.15, 0.2) is 36.7 Å². The second-order valence-electron chi connectivity index (χ2n) is 26.7. The number of nitrogens with zero attached hydrogens (tertiary/aromatic N) is 4. The molecule has 0 saturated heterocycles. The second kappa shape index (κ2) is 9.96. The molecular weight excluding hydrogens is 777 g/mol. The van der Waals surface area contributed by atoms with Gasteiger partial charge in [0.2, 0.25) is 0 Å². The third-order valence-electron chi connectivity index (χ3n) is 23.0. The lowest BCUT2D eigenvalue weighted by molar-refractivity contribution is 0.184. The summed E-state index contributed by atoms with van der Waals surface area (Å²) in [5.41, 5.74) is 22.7. The fourth-order valence-electron chi connectivity index (χ4n) is 18.4. The Morgan fingerprint density at radius 3 is 1.00 bits per heavy atom. The van der Waals surface area contributed by atoms with E-state index in [1.165, 1.54) is 169 Å². The number of hydrogen-bond acceptors (Lipinski definition) is 2. The highest BCUT2D eigenvalue weighted by Gasteiger charge is 2.55. The summed E-state index contributed by atoms with van der Waals surface area (Å²) in [6, 6.07) is 11.0. The van der Waals surface area contributed by atoms with Gasteiger partial charge in [-0.1, -0.05) is 55.4 Å². The molecule has 0 radical (unpaired) electrons. The third kappa shape index (κ3) is 3.49. The predicted molar refractivity (Wildman–Crippen MR) is 264 cm³/mol. The normalized spacial score (nSPS) is 38.1. The van der Waals surface area contributed by atoms with Crippen LogP contribution in [0.2, 0.25) is 0 Å². The molecule has 12 aliphatic carbocycles. The van der Waals surface area contributed by atoms with E-state index in [9.17, 15) is 0 Å². The zero-order valence-corrected chi connectivity index (χ0v) is 39.6. The minimum absolute atomic E-state index is 0.176. The van der Waals surface area contributed by atoms with E-state index in [4.69, 9.17) is 9.97 Å². The Labute approximate surface area is 376 Å². The number of pyridine rings is 2. The van der Waals surface area contributed by atoms with Gasteiger partial charge in [-0.25, -0.2) is 0 Å². The van der Waals surface area contributed by atoms with E-state index in [0.717, 1.165) is 0 Å². The molecule has 0 atom stereocenters. The Kier molecular flexibility index (Phi) is 5.57. The number of benzene rings is 3. The second-order valence-corrected chi connectivity index (χ2v) is 26.7. The van der Waals surface area contributed by atoms with Crippen LogP contribution in [0.3, 0.4) is 0 Å². The van der Waals surface area contributed by atoms with Crippen molar-refractivity contribution < 1.29 is 0 Å². The summed E-state index contributed by atoms with van der Waals surface area (Å²) in [5.74, 6) is 0. The first-order valence-electron chi connectivity index (χ1n) is 25.8. The lowest BCUT2D eigenvalue weighted by Gasteiger charge is -2.52. The standard InChI is InChI=1S/C60H62N4/c1-53-9-13-55(3,14-10-53)45-35(53)25-33-41-39(29-61-51-47(41)57(5)17-21-59(51,7)22-18-57)63-37-28-32-38(27-31(37)43(45)49(33)63)64-40-30-62-52-48(58(6)19-23-60(52,8)24-20-58)42(40)34-26-36-46(44(32)50(34)64)56(4)15-11-54(36,2)12-16-56/h25-30H,9-24H2,1-8H3. The molecule has 4 nitrogen and oxygen atoms in total. The summed E-state index contributed by atoms with van der Waals surface area (Å²) < 4.78 is 5.55. The minimum atomic E-state index is 0.176. The molecule has 322 valence electrons. The summed E-state index contributed by atoms with van der Waals surface area (Å²) in [6.45, 7) is 20.8. The molecule has 0 amide bonds. The van der Waals surface area contributed by atoms with Crippen LogP contribution < -0.4 is 0 Å². The van der Waals surface area contributed by atoms with Crippen LogP contribution in [0.4, 0.5) is 0 Å². The van der Waals surface area contributed by atoms with E-state index in [0.29, 0.717) is 0 Å². The Morgan fingerprint density at radius 2 is 0.641 bits per heavy atom. The largest absolute Gasteiger partial charge is 0.306 e. The molecule has 0 aliphatic heterocycles. The number of aromatic nitrogens is 4. The summed E-state index contributed by atoms with van der Waals surface area (Å²) in [6.07, 6.45) is 25.2. The first-order valence-corrected chi connectivity index (χ1v) is 25.8. The molecule has 0 N–H and O–H groups in total. The van der Waals surface area contributed by atoms with Crippen molar-refractivity contribution in [3.05, 3.63) is 81.4 Å². The smallest absolute Gasteiger partial charge is 0.0728 e. The zero-order chi connectivity index (χ0) is 42.8. The van der Waals surface area contributed by atoms with Gasteiger partial charge in [-0.3, -0.25) is 9.97 Å². The fourth-order valence-corrected chi connectivity index (χ4v) is 18.4. The summed E-state index contributed by atoms with van der Waals surface area (Å²) in [7, 11) is 0. The average molecular weight is 839 g/mol. The van der Waals surface area contributed by atoms with Crippen molar-refractivity contribution in [1.29, 1.82) is 0 Å². The molecule has 9 aromatic rings. The van der Waals surface area contributed by atoms with Gasteiger partial charge in [0.05, 0.1) is 56.9 Å². The van der Waals surface area contributed by atoms with Crippen molar-refractivity contribution >= 4 is 76.2 Å². The average Bonchev–Trinajstić information content (AvgIpc) is 4.01. The fraction of sp³-hybridized carbons (Fsp3) is 0.533. The van der Waals surface area contributed by atoms with Gasteiger partial charge >= 0.3 is 0 Å². The number of fused-ring (bicyclic) bond motifs is 20. The Balaban J connectivity index is 1.12. The minimum Gasteiger partial charge on any atom is -0.306 e. The van der Waals surface area contributed by atoms with Crippen LogP contribution in [-0.4, -0.2) is 18.8 Å². The SMILES string of the molecule is CC12CCC(C)(CC1)c1c2cc2c3c4c(ncc3n3c5cc6c7c8c(cc9c%10c%11c(ncc%10n(c6cc5c1c23)c97)C1(C)CCC%11(C)CC1)C1(C)CCC8(C)CC1)C1(C)CCC4(C)CC1. The molecular formula is C60H62N4. The maximum absolute atomic E-state index is 5.61. The number of hydrogen-bond donors (Lipinski definition) is 0. The van der Waals surface area contributed by atoms with Gasteiger partial charge in [-0.15, -0.1) is 0 Å². The van der Waals surface area contributed by atoms with Crippen molar-refractivity contribution in [3.63, 3.8) is 0 Å². The van der Waals surface area contributed by atoms with Crippen molar-refractivity contribution in [3.8, 4) is 0 Å². The van der Waals surface area contributed by atoms with Crippen molar-refractivity contribution in [1.82, 2.24) is 18.8 Å². The van der Waals surface area contributed by atoms with Crippen LogP contribution in [0, 0.1) is 0 Å². The van der Waals surface area contributed by atoms with Gasteiger partial charge in [0.25, 0.3) is 0 Å². The zero-order valence-electron chi connectivity index (χ0n) is 39.6. The van der Waals surface area contributed by atoms with Crippen LogP contribution in [0.25, 0.3) is 76.2 Å². The first-order chi connectivity index (χ1) is 30.5. The maximum Gasteiger partial charge on any atom is 0.0728 e. The van der Waals surface area contributed by atoms with Crippen molar-refractivity contribution in [2.75, 3.05) is 0 Å². The molecule has 4 heteroatoms. The Bertz CT molecular complexity index is 3490. The van der Waals surface area contributed by atoms with Gasteiger partial charge in [0, 0.05) is 53.9 Å². The van der Waals surface area contributed by atoms with Gasteiger partial charge in [-0.2, -0.15) is 0 Å². The van der Waals surface area contributed by atoms with Gasteiger partial charge in [-0.05, 0) is 193 Å². The highest BCUT2D eigenvalue weighted by molar-refractivity contribution is 6.31. The molecule has 12 aliphatic rings. The van der Waals surface area contributed by atoms with E-state index >= 15 is 0 Å². The Hall–Kier alpha value is -4.44. The predicted octanol–water partition coefficient (Wildman–Crippen LogP) is 15.2. The van der Waals surface area contributed by atoms with E-state index in [2.05, 4.69) is 101 Å². The molecule has 4 saturated carbocycles. The highest BCUT2D eigenvalue weighted by atomic mass is 15.0. The van der Waals surface area contributed by atoms with Gasteiger partial charge in [0.1, 0.15) is 0 Å². The number of rotatable bonds is 0. The van der Waals surface area contributed by atoms with E-state index in [1.807, 2.05) is 0 Å². The molecule has 8 bridgehead atoms. The molecule has 0 unspecified atom stereocenters. The third-order valence-corrected chi connectivity index (χ3v) is 23.0. The van der Waals surface area contributed by atoms with Crippen LogP contribution in [0.5, 0.6) is 0 Å². The molecule has 21 rings (SSSR count). The molecule has 4 fully saturated rings. The van der Waals surface area contributed by atoms with E-state index in [1.54, 1.807) is 54.9 Å². The lowest BCUT2D eigenvalue weighted by Crippen LogP contribution is -2.45. The van der Waals surface area contributed by atoms with Gasteiger partial charge < -0.3 is 8.80 Å². The quantitative estimate of drug-likeness (QED) is 0.152. The summed E-state index contributed by atoms with van der Waals surface area (Å²) in [4.78, 5) is 11.2. The summed E-state index contributed by atoms with van der Waals surface area (Å²) in [5, 5.41) is 12.2. The van der Waals surface area contributed by atoms with Crippen molar-refractivity contribution in [2.24, 2.45) is 0 Å². The topological polar surface area (TPSA) is 34.6 Å². The molecule has 6 heterocycles. The van der Waals surface area contributed by atoms with Crippen LogP contribution in [0.1, 0.15) is 203 Å². The van der Waals surface area contributed by atoms with Gasteiger partial charge in [0.15, 0.2) is 0 Å². The summed E-state index contributed by atoms with van der Waals surface area (Å²) >= 11 is 0. The van der Waals surface area contributed by atoms with Crippen molar-refractivity contribution in [2.45, 2.75) is 201 Å². The molecule has 3 aromatic carbocycles. The molecule has 6 aromatic heterocycles. The molecule has 0 spiro atoms. The van der Waals surface area contributed by atoms with Crippen LogP contribution in [-0.2, 0) is 43.3 Å². The first kappa shape index (κ1) is 35.8. The lowest BCUT2D eigenvalue weighted by atomic mass is 9.51. The maximum atomic E-state index is 5.61. The highest BCUT2D eigenvalue weighted by Crippen LogP contribution is 2.66.